The molecule has 0 aliphatic carbocycles. The van der Waals surface area contributed by atoms with Crippen LogP contribution < -0.4 is 22.9 Å². The number of carbonyl (C=O) groups excluding carboxylic acids is 4. The van der Waals surface area contributed by atoms with Gasteiger partial charge in [-0.1, -0.05) is 0 Å². The van der Waals surface area contributed by atoms with Crippen LogP contribution in [0.2, 0.25) is 0 Å². The van der Waals surface area contributed by atoms with Crippen molar-refractivity contribution in [2.45, 2.75) is 12.8 Å². The topological polar surface area (TPSA) is 172 Å². The quantitative estimate of drug-likeness (QED) is 0.351. The van der Waals surface area contributed by atoms with Crippen molar-refractivity contribution < 1.29 is 19.2 Å². The molecule has 8 N–H and O–H groups in total. The van der Waals surface area contributed by atoms with Crippen molar-refractivity contribution in [1.82, 2.24) is 0 Å². The van der Waals surface area contributed by atoms with E-state index in [4.69, 9.17) is 0 Å². The van der Waals surface area contributed by atoms with Gasteiger partial charge in [-0.3, -0.25) is 19.2 Å². The molecule has 0 spiro atoms. The van der Waals surface area contributed by atoms with E-state index in [2.05, 4.69) is 22.9 Å². The maximum Gasteiger partial charge on any atom is 0.226 e. The van der Waals surface area contributed by atoms with E-state index in [9.17, 15) is 19.2 Å². The van der Waals surface area contributed by atoms with Crippen LogP contribution in [0.3, 0.4) is 0 Å². The van der Waals surface area contributed by atoms with Gasteiger partial charge in [0.25, 0.3) is 0 Å². The molecule has 0 saturated heterocycles. The predicted octanol–water partition coefficient (Wildman–Crippen LogP) is -3.31. The number of amides is 4. The number of hydrogen-bond acceptors (Lipinski definition) is 4. The molecule has 4 amide bonds. The van der Waals surface area contributed by atoms with Gasteiger partial charge in [-0.25, -0.2) is 0 Å². The molecule has 0 atom stereocenters. The highest BCUT2D eigenvalue weighted by molar-refractivity contribution is 5.95. The Bertz CT molecular complexity index is 200. The van der Waals surface area contributed by atoms with Crippen molar-refractivity contribution in [2.75, 3.05) is 0 Å². The Labute approximate surface area is 79.6 Å². The molecule has 0 aromatic heterocycles. The first-order valence-electron chi connectivity index (χ1n) is 3.39. The Morgan fingerprint density at radius 3 is 0.714 bits per heavy atom. The Hall–Kier alpha value is -2.12. The molecular formula is C6H12N4O4. The van der Waals surface area contributed by atoms with E-state index in [0.717, 1.165) is 0 Å². The average molecular weight is 204 g/mol. The molecule has 0 aliphatic rings. The van der Waals surface area contributed by atoms with Crippen LogP contribution in [0.4, 0.5) is 0 Å². The number of hydrogen-bond donors (Lipinski definition) is 4. The lowest BCUT2D eigenvalue weighted by atomic mass is 10.4. The molecule has 8 nitrogen and oxygen atoms in total. The number of carbonyl (C=O) groups is 4. The van der Waals surface area contributed by atoms with Crippen LogP contribution in [-0.2, 0) is 19.2 Å². The van der Waals surface area contributed by atoms with Gasteiger partial charge in [0, 0.05) is 0 Å². The van der Waals surface area contributed by atoms with Gasteiger partial charge >= 0.3 is 0 Å². The van der Waals surface area contributed by atoms with Crippen LogP contribution in [-0.4, -0.2) is 23.6 Å². The van der Waals surface area contributed by atoms with Crippen molar-refractivity contribution >= 4 is 23.6 Å². The summed E-state index contributed by atoms with van der Waals surface area (Å²) in [5.74, 6) is -2.75. The van der Waals surface area contributed by atoms with E-state index < -0.39 is 23.6 Å². The second-order valence-corrected chi connectivity index (χ2v) is 2.22. The molecular weight excluding hydrogens is 192 g/mol. The molecule has 0 aromatic carbocycles. The fourth-order valence-electron chi connectivity index (χ4n) is 0.343. The van der Waals surface area contributed by atoms with Crippen molar-refractivity contribution in [2.24, 2.45) is 22.9 Å². The zero-order valence-corrected chi connectivity index (χ0v) is 7.36. The van der Waals surface area contributed by atoms with Gasteiger partial charge < -0.3 is 22.9 Å². The summed E-state index contributed by atoms with van der Waals surface area (Å²) >= 11 is 0. The molecule has 0 aromatic rings. The summed E-state index contributed by atoms with van der Waals surface area (Å²) in [4.78, 5) is 38.9. The lowest BCUT2D eigenvalue weighted by Gasteiger charge is -1.82. The third kappa shape index (κ3) is 22.5. The fraction of sp³-hybridized carbons (Fsp3) is 0.333. The number of nitrogens with two attached hydrogens (primary N) is 4. The largest absolute Gasteiger partial charge is 0.369 e. The molecule has 14 heavy (non-hydrogen) atoms. The van der Waals surface area contributed by atoms with Crippen molar-refractivity contribution in [3.05, 3.63) is 0 Å². The highest BCUT2D eigenvalue weighted by Crippen LogP contribution is 1.68. The van der Waals surface area contributed by atoms with Crippen molar-refractivity contribution in [3.8, 4) is 0 Å². The van der Waals surface area contributed by atoms with Gasteiger partial charge in [0.1, 0.15) is 12.8 Å². The summed E-state index contributed by atoms with van der Waals surface area (Å²) in [6, 6.07) is 0. The molecule has 0 unspecified atom stereocenters. The number of primary amides is 4. The highest BCUT2D eigenvalue weighted by atomic mass is 16.2. The zero-order chi connectivity index (χ0) is 11.7. The minimum atomic E-state index is -0.687. The van der Waals surface area contributed by atoms with E-state index in [1.54, 1.807) is 0 Å². The molecule has 0 radical (unpaired) electrons. The molecule has 0 fully saturated rings. The third-order valence-corrected chi connectivity index (χ3v) is 0.697. The van der Waals surface area contributed by atoms with Gasteiger partial charge in [0.05, 0.1) is 0 Å². The number of rotatable bonds is 4. The average Bonchev–Trinajstić information content (AvgIpc) is 1.79. The van der Waals surface area contributed by atoms with E-state index in [-0.39, 0.29) is 12.8 Å². The zero-order valence-electron chi connectivity index (χ0n) is 7.36. The molecule has 80 valence electrons. The molecule has 0 aliphatic heterocycles. The molecule has 0 bridgehead atoms. The smallest absolute Gasteiger partial charge is 0.226 e. The summed E-state index contributed by atoms with van der Waals surface area (Å²) < 4.78 is 0. The second-order valence-electron chi connectivity index (χ2n) is 2.22. The summed E-state index contributed by atoms with van der Waals surface area (Å²) in [6.45, 7) is 0. The molecule has 0 heterocycles. The third-order valence-electron chi connectivity index (χ3n) is 0.697. The molecule has 0 rings (SSSR count). The van der Waals surface area contributed by atoms with Crippen molar-refractivity contribution in [1.29, 1.82) is 0 Å². The highest BCUT2D eigenvalue weighted by Gasteiger charge is 1.97. The first-order chi connectivity index (χ1) is 6.25. The standard InChI is InChI=1S/2C3H6N2O2/c2*4-2(6)1-3(5)7/h2*1H2,(H2,4,6)(H2,5,7). The van der Waals surface area contributed by atoms with Gasteiger partial charge in [0.15, 0.2) is 0 Å². The lowest BCUT2D eigenvalue weighted by molar-refractivity contribution is -0.127. The Kier molecular flexibility index (Phi) is 7.74. The van der Waals surface area contributed by atoms with E-state index in [1.165, 1.54) is 0 Å². The van der Waals surface area contributed by atoms with Gasteiger partial charge in [-0.2, -0.15) is 0 Å². The van der Waals surface area contributed by atoms with E-state index in [0.29, 0.717) is 0 Å². The van der Waals surface area contributed by atoms with Crippen LogP contribution in [0, 0.1) is 0 Å². The monoisotopic (exact) mass is 204 g/mol. The summed E-state index contributed by atoms with van der Waals surface area (Å²) in [6.07, 6.45) is -0.722. The Morgan fingerprint density at radius 2 is 0.714 bits per heavy atom. The summed E-state index contributed by atoms with van der Waals surface area (Å²) in [5, 5.41) is 0. The second kappa shape index (κ2) is 7.53. The van der Waals surface area contributed by atoms with Crippen LogP contribution in [0.5, 0.6) is 0 Å². The molecule has 0 saturated carbocycles. The first-order valence-corrected chi connectivity index (χ1v) is 3.39. The van der Waals surface area contributed by atoms with Crippen LogP contribution in [0.25, 0.3) is 0 Å². The Balaban J connectivity index is 0. The Morgan fingerprint density at radius 1 is 0.571 bits per heavy atom. The SMILES string of the molecule is NC(=O)CC(N)=O.NC(=O)CC(N)=O. The van der Waals surface area contributed by atoms with Crippen molar-refractivity contribution in [3.63, 3.8) is 0 Å². The summed E-state index contributed by atoms with van der Waals surface area (Å²) in [7, 11) is 0. The molecule has 8 heteroatoms. The van der Waals surface area contributed by atoms with Gasteiger partial charge in [0.2, 0.25) is 23.6 Å². The minimum absolute atomic E-state index is 0.361. The first kappa shape index (κ1) is 14.4. The normalized spacial score (nSPS) is 8.00. The minimum Gasteiger partial charge on any atom is -0.369 e. The maximum atomic E-state index is 9.73. The van der Waals surface area contributed by atoms with Crippen LogP contribution in [0.15, 0.2) is 0 Å². The lowest BCUT2D eigenvalue weighted by Crippen LogP contribution is -2.21. The maximum absolute atomic E-state index is 9.73. The van der Waals surface area contributed by atoms with E-state index in [1.807, 2.05) is 0 Å². The fourth-order valence-corrected chi connectivity index (χ4v) is 0.343. The van der Waals surface area contributed by atoms with E-state index >= 15 is 0 Å². The van der Waals surface area contributed by atoms with Gasteiger partial charge in [-0.15, -0.1) is 0 Å². The van der Waals surface area contributed by atoms with Crippen LogP contribution in [0.1, 0.15) is 12.8 Å². The van der Waals surface area contributed by atoms with Crippen LogP contribution >= 0.6 is 0 Å². The predicted molar refractivity (Wildman–Crippen MR) is 46.0 cm³/mol. The van der Waals surface area contributed by atoms with Gasteiger partial charge in [-0.05, 0) is 0 Å². The summed E-state index contributed by atoms with van der Waals surface area (Å²) in [5.41, 5.74) is 18.2.